The molecule has 0 aliphatic carbocycles. The molecule has 0 saturated carbocycles. The van der Waals surface area contributed by atoms with Crippen molar-refractivity contribution in [3.63, 3.8) is 0 Å². The van der Waals surface area contributed by atoms with Gasteiger partial charge in [-0.3, -0.25) is 0 Å². The molecule has 3 nitrogen and oxygen atoms in total. The summed E-state index contributed by atoms with van der Waals surface area (Å²) < 4.78 is 6.07. The van der Waals surface area contributed by atoms with E-state index in [1.165, 1.54) is 0 Å². The number of nitrogens with two attached hydrogens (primary N) is 2. The summed E-state index contributed by atoms with van der Waals surface area (Å²) in [5, 5.41) is 0. The van der Waals surface area contributed by atoms with Crippen LogP contribution in [-0.2, 0) is 4.12 Å². The maximum Gasteiger partial charge on any atom is 0.216 e. The van der Waals surface area contributed by atoms with Gasteiger partial charge in [0.1, 0.15) is 0 Å². The fourth-order valence-electron chi connectivity index (χ4n) is 1.96. The Morgan fingerprint density at radius 3 is 2.12 bits per heavy atom. The summed E-state index contributed by atoms with van der Waals surface area (Å²) in [6.07, 6.45) is 4.54. The van der Waals surface area contributed by atoms with Crippen molar-refractivity contribution >= 4 is 18.1 Å². The average molecular weight is 275 g/mol. The summed E-state index contributed by atoms with van der Waals surface area (Å²) in [7, 11) is -1.01. The van der Waals surface area contributed by atoms with Crippen LogP contribution in [0.4, 0.5) is 0 Å². The minimum atomic E-state index is -1.56. The lowest BCUT2D eigenvalue weighted by atomic mass is 10.2. The van der Waals surface area contributed by atoms with Gasteiger partial charge in [-0.25, -0.2) is 0 Å². The molecule has 0 aromatic rings. The highest BCUT2D eigenvalue weighted by Gasteiger charge is 2.25. The van der Waals surface area contributed by atoms with E-state index in [0.717, 1.165) is 37.8 Å². The van der Waals surface area contributed by atoms with E-state index < -0.39 is 8.32 Å². The number of rotatable bonds is 10. The summed E-state index contributed by atoms with van der Waals surface area (Å²) in [6, 6.07) is 2.70. The van der Waals surface area contributed by atoms with Crippen molar-refractivity contribution in [3.05, 3.63) is 0 Å². The van der Waals surface area contributed by atoms with Crippen molar-refractivity contribution in [3.8, 4) is 0 Å². The van der Waals surface area contributed by atoms with Crippen molar-refractivity contribution < 1.29 is 4.12 Å². The predicted octanol–water partition coefficient (Wildman–Crippen LogP) is 2.50. The van der Waals surface area contributed by atoms with Crippen LogP contribution in [0.5, 0.6) is 0 Å². The van der Waals surface area contributed by atoms with Gasteiger partial charge in [-0.15, -0.1) is 0 Å². The Kier molecular flexibility index (Phi) is 9.44. The van der Waals surface area contributed by atoms with Gasteiger partial charge in [-0.2, -0.15) is 0 Å². The van der Waals surface area contributed by atoms with Crippen molar-refractivity contribution in [2.24, 2.45) is 11.5 Å². The largest absolute Gasteiger partial charge is 0.456 e. The second kappa shape index (κ2) is 9.27. The van der Waals surface area contributed by atoms with E-state index in [4.69, 9.17) is 15.6 Å². The molecule has 0 bridgehead atoms. The van der Waals surface area contributed by atoms with Crippen LogP contribution < -0.4 is 11.5 Å². The molecule has 0 aromatic heterocycles. The molecule has 0 aliphatic heterocycles. The SMILES string of the molecule is CCCC(N)C[Si]O[Si](C)(C)CC(N)CCC. The molecule has 102 valence electrons. The Bertz CT molecular complexity index is 191. The summed E-state index contributed by atoms with van der Waals surface area (Å²) in [4.78, 5) is 0. The highest BCUT2D eigenvalue weighted by atomic mass is 28.4. The lowest BCUT2D eigenvalue weighted by molar-refractivity contribution is 0.538. The minimum Gasteiger partial charge on any atom is -0.456 e. The first-order valence-electron chi connectivity index (χ1n) is 6.83. The minimum absolute atomic E-state index is 0.312. The number of hydrogen-bond acceptors (Lipinski definition) is 3. The van der Waals surface area contributed by atoms with Crippen LogP contribution in [0.15, 0.2) is 0 Å². The lowest BCUT2D eigenvalue weighted by Crippen LogP contribution is -2.39. The predicted molar refractivity (Wildman–Crippen MR) is 79.7 cm³/mol. The molecular weight excluding hydrogens is 244 g/mol. The molecule has 17 heavy (non-hydrogen) atoms. The first-order valence-corrected chi connectivity index (χ1v) is 11.1. The Morgan fingerprint density at radius 2 is 1.59 bits per heavy atom. The van der Waals surface area contributed by atoms with Crippen LogP contribution in [0.3, 0.4) is 0 Å². The molecule has 0 spiro atoms. The summed E-state index contributed by atoms with van der Waals surface area (Å²) >= 11 is 0. The topological polar surface area (TPSA) is 61.3 Å². The zero-order chi connectivity index (χ0) is 13.3. The van der Waals surface area contributed by atoms with E-state index in [1.54, 1.807) is 0 Å². The molecule has 2 atom stereocenters. The van der Waals surface area contributed by atoms with Gasteiger partial charge in [0, 0.05) is 12.1 Å². The van der Waals surface area contributed by atoms with E-state index in [9.17, 15) is 0 Å². The van der Waals surface area contributed by atoms with Crippen LogP contribution in [0.2, 0.25) is 25.2 Å². The first kappa shape index (κ1) is 17.3. The molecule has 0 aromatic carbocycles. The number of hydrogen-bond donors (Lipinski definition) is 2. The molecule has 4 N–H and O–H groups in total. The third-order valence-electron chi connectivity index (χ3n) is 2.77. The van der Waals surface area contributed by atoms with Crippen LogP contribution in [0.1, 0.15) is 39.5 Å². The molecule has 0 rings (SSSR count). The van der Waals surface area contributed by atoms with Crippen molar-refractivity contribution in [2.45, 2.75) is 76.8 Å². The Morgan fingerprint density at radius 1 is 1.06 bits per heavy atom. The molecule has 2 unspecified atom stereocenters. The van der Waals surface area contributed by atoms with Crippen molar-refractivity contribution in [2.75, 3.05) is 0 Å². The monoisotopic (exact) mass is 274 g/mol. The third kappa shape index (κ3) is 9.97. The van der Waals surface area contributed by atoms with Gasteiger partial charge in [0.05, 0.1) is 0 Å². The fourth-order valence-corrected chi connectivity index (χ4v) is 6.08. The van der Waals surface area contributed by atoms with E-state index in [0.29, 0.717) is 21.8 Å². The van der Waals surface area contributed by atoms with Gasteiger partial charge >= 0.3 is 0 Å². The molecule has 0 fully saturated rings. The van der Waals surface area contributed by atoms with E-state index >= 15 is 0 Å². The van der Waals surface area contributed by atoms with Crippen LogP contribution in [0, 0.1) is 0 Å². The average Bonchev–Trinajstić information content (AvgIpc) is 2.16. The Labute approximate surface area is 111 Å². The van der Waals surface area contributed by atoms with Gasteiger partial charge in [0.15, 0.2) is 8.32 Å². The molecule has 5 heteroatoms. The lowest BCUT2D eigenvalue weighted by Gasteiger charge is -2.26. The molecule has 0 saturated heterocycles. The van der Waals surface area contributed by atoms with Crippen molar-refractivity contribution in [1.29, 1.82) is 0 Å². The standard InChI is InChI=1S/C12H30N2OSi2/c1-5-7-11(13)9-16-15-17(3,4)10-12(14)8-6-2/h11-12H,5-10,13-14H2,1-4H3. The van der Waals surface area contributed by atoms with Gasteiger partial charge in [-0.05, 0) is 38.0 Å². The molecule has 0 amide bonds. The second-order valence-electron chi connectivity index (χ2n) is 5.51. The quantitative estimate of drug-likeness (QED) is 0.602. The second-order valence-corrected chi connectivity index (χ2v) is 11.0. The van der Waals surface area contributed by atoms with E-state index in [2.05, 4.69) is 26.9 Å². The summed E-state index contributed by atoms with van der Waals surface area (Å²) in [6.45, 7) is 8.88. The normalized spacial score (nSPS) is 15.9. The zero-order valence-electron chi connectivity index (χ0n) is 12.0. The molecular formula is C12H30N2OSi2. The highest BCUT2D eigenvalue weighted by molar-refractivity contribution is 6.75. The van der Waals surface area contributed by atoms with Gasteiger partial charge < -0.3 is 15.6 Å². The van der Waals surface area contributed by atoms with E-state index in [1.807, 2.05) is 0 Å². The third-order valence-corrected chi connectivity index (χ3v) is 7.75. The highest BCUT2D eigenvalue weighted by Crippen LogP contribution is 2.15. The van der Waals surface area contributed by atoms with Crippen LogP contribution >= 0.6 is 0 Å². The van der Waals surface area contributed by atoms with E-state index in [-0.39, 0.29) is 0 Å². The molecule has 0 heterocycles. The van der Waals surface area contributed by atoms with Gasteiger partial charge in [0.2, 0.25) is 9.76 Å². The molecule has 2 radical (unpaired) electrons. The summed E-state index contributed by atoms with van der Waals surface area (Å²) in [5.74, 6) is 0. The zero-order valence-corrected chi connectivity index (χ0v) is 14.0. The Hall–Kier alpha value is 0.314. The fraction of sp³-hybridized carbons (Fsp3) is 1.00. The Balaban J connectivity index is 3.76. The van der Waals surface area contributed by atoms with Gasteiger partial charge in [-0.1, -0.05) is 26.7 Å². The van der Waals surface area contributed by atoms with Crippen LogP contribution in [0.25, 0.3) is 0 Å². The maximum atomic E-state index is 6.08. The smallest absolute Gasteiger partial charge is 0.216 e. The first-order chi connectivity index (χ1) is 7.91. The molecule has 0 aliphatic rings. The van der Waals surface area contributed by atoms with Crippen molar-refractivity contribution in [1.82, 2.24) is 0 Å². The van der Waals surface area contributed by atoms with Crippen LogP contribution in [-0.4, -0.2) is 30.2 Å². The van der Waals surface area contributed by atoms with Gasteiger partial charge in [0.25, 0.3) is 0 Å². The maximum absolute atomic E-state index is 6.08. The summed E-state index contributed by atoms with van der Waals surface area (Å²) in [5.41, 5.74) is 12.1.